The number of primary amides is 1. The Kier molecular flexibility index (Phi) is 7.52. The smallest absolute Gasteiger partial charge is 0.246 e. The minimum atomic E-state index is -1.23. The molecule has 4 amide bonds. The van der Waals surface area contributed by atoms with Crippen LogP contribution in [0.15, 0.2) is 30.5 Å². The number of fused-ring (bicyclic) bond motifs is 2. The monoisotopic (exact) mass is 564 g/mol. The van der Waals surface area contributed by atoms with E-state index in [0.29, 0.717) is 25.1 Å². The Balaban J connectivity index is 1.40. The number of piperidine rings is 1. The first kappa shape index (κ1) is 28.9. The predicted molar refractivity (Wildman–Crippen MR) is 151 cm³/mol. The molecule has 4 N–H and O–H groups in total. The molecule has 0 radical (unpaired) electrons. The number of ether oxygens (including phenoxy) is 1. The normalized spacial score (nSPS) is 26.2. The fraction of sp³-hybridized carbons (Fsp3) is 0.600. The third-order valence-corrected chi connectivity index (χ3v) is 9.12. The molecule has 3 aliphatic rings. The van der Waals surface area contributed by atoms with Gasteiger partial charge in [0.1, 0.15) is 17.8 Å². The van der Waals surface area contributed by atoms with Gasteiger partial charge in [0.15, 0.2) is 6.04 Å². The molecule has 11 heteroatoms. The zero-order valence-corrected chi connectivity index (χ0v) is 24.3. The molecule has 6 atom stereocenters. The summed E-state index contributed by atoms with van der Waals surface area (Å²) in [5.74, 6) is -1.60. The van der Waals surface area contributed by atoms with Crippen LogP contribution < -0.4 is 16.4 Å². The third-order valence-electron chi connectivity index (χ3n) is 9.12. The summed E-state index contributed by atoms with van der Waals surface area (Å²) in [6, 6.07) is 4.40. The molecule has 2 aliphatic heterocycles. The van der Waals surface area contributed by atoms with Gasteiger partial charge in [-0.3, -0.25) is 19.2 Å². The highest BCUT2D eigenvalue weighted by Crippen LogP contribution is 2.65. The SMILES string of the molecule is CC(C)(C)C(NC(=O)CC1CCOC1)C(=O)N1C[C@H]2[C@@H]([C@H]1C(=O)NC(C(N)=O)c1nncc3ccccc13)C2(C)C. The van der Waals surface area contributed by atoms with E-state index in [1.807, 2.05) is 39.0 Å². The van der Waals surface area contributed by atoms with Crippen molar-refractivity contribution in [2.24, 2.45) is 34.3 Å². The van der Waals surface area contributed by atoms with Gasteiger partial charge < -0.3 is 26.0 Å². The van der Waals surface area contributed by atoms with Gasteiger partial charge in [-0.2, -0.15) is 10.2 Å². The summed E-state index contributed by atoms with van der Waals surface area (Å²) >= 11 is 0. The summed E-state index contributed by atoms with van der Waals surface area (Å²) in [6.07, 6.45) is 2.68. The number of nitrogens with zero attached hydrogens (tertiary/aromatic N) is 3. The minimum absolute atomic E-state index is 0.0921. The van der Waals surface area contributed by atoms with E-state index in [1.54, 1.807) is 17.2 Å². The molecule has 1 saturated carbocycles. The number of rotatable bonds is 8. The molecular formula is C30H40N6O5. The first-order valence-electron chi connectivity index (χ1n) is 14.3. The summed E-state index contributed by atoms with van der Waals surface area (Å²) in [6.45, 7) is 11.4. The number of nitrogens with one attached hydrogen (secondary N) is 2. The first-order valence-corrected chi connectivity index (χ1v) is 14.3. The van der Waals surface area contributed by atoms with Crippen LogP contribution in [0.2, 0.25) is 0 Å². The van der Waals surface area contributed by atoms with Gasteiger partial charge in [-0.05, 0) is 35.0 Å². The summed E-state index contributed by atoms with van der Waals surface area (Å²) in [5.41, 5.74) is 5.27. The number of hydrogen-bond donors (Lipinski definition) is 3. The molecule has 2 aromatic rings. The molecule has 41 heavy (non-hydrogen) atoms. The van der Waals surface area contributed by atoms with Crippen LogP contribution in [-0.2, 0) is 23.9 Å². The van der Waals surface area contributed by atoms with E-state index in [9.17, 15) is 19.2 Å². The van der Waals surface area contributed by atoms with Crippen LogP contribution in [0.5, 0.6) is 0 Å². The van der Waals surface area contributed by atoms with Crippen molar-refractivity contribution in [3.8, 4) is 0 Å². The van der Waals surface area contributed by atoms with Crippen molar-refractivity contribution in [2.45, 2.75) is 65.6 Å². The average molecular weight is 565 g/mol. The van der Waals surface area contributed by atoms with Crippen LogP contribution in [-0.4, -0.2) is 70.6 Å². The number of carbonyl (C=O) groups is 4. The maximum absolute atomic E-state index is 14.1. The molecule has 0 spiro atoms. The molecule has 11 nitrogen and oxygen atoms in total. The highest BCUT2D eigenvalue weighted by molar-refractivity contribution is 5.97. The lowest BCUT2D eigenvalue weighted by Gasteiger charge is -2.38. The van der Waals surface area contributed by atoms with Crippen molar-refractivity contribution in [3.05, 3.63) is 36.2 Å². The van der Waals surface area contributed by atoms with Crippen molar-refractivity contribution in [1.82, 2.24) is 25.7 Å². The third kappa shape index (κ3) is 5.51. The highest BCUT2D eigenvalue weighted by atomic mass is 16.5. The summed E-state index contributed by atoms with van der Waals surface area (Å²) in [4.78, 5) is 55.3. The van der Waals surface area contributed by atoms with Crippen LogP contribution in [0.1, 0.15) is 59.2 Å². The molecule has 1 aliphatic carbocycles. The number of likely N-dealkylation sites (tertiary alicyclic amines) is 1. The van der Waals surface area contributed by atoms with E-state index < -0.39 is 35.4 Å². The second-order valence-corrected chi connectivity index (χ2v) is 13.4. The summed E-state index contributed by atoms with van der Waals surface area (Å²) in [7, 11) is 0. The van der Waals surface area contributed by atoms with E-state index in [4.69, 9.17) is 10.5 Å². The quantitative estimate of drug-likeness (QED) is 0.441. The molecule has 3 fully saturated rings. The van der Waals surface area contributed by atoms with E-state index in [1.165, 1.54) is 0 Å². The fourth-order valence-corrected chi connectivity index (χ4v) is 6.62. The molecule has 1 aromatic carbocycles. The Hall–Kier alpha value is -3.60. The Morgan fingerprint density at radius 3 is 2.56 bits per heavy atom. The molecule has 3 heterocycles. The van der Waals surface area contributed by atoms with Gasteiger partial charge in [0.05, 0.1) is 6.20 Å². The zero-order chi connectivity index (χ0) is 29.7. The van der Waals surface area contributed by atoms with Gasteiger partial charge in [0.25, 0.3) is 0 Å². The number of nitrogens with two attached hydrogens (primary N) is 1. The largest absolute Gasteiger partial charge is 0.381 e. The molecule has 2 saturated heterocycles. The standard InChI is InChI=1S/C30H40N6O5/c1-29(2,3)25(33-20(37)12-16-10-11-41-15-16)28(40)36-14-19-21(30(19,4)5)24(36)27(39)34-23(26(31)38)22-18-9-7-6-8-17(18)13-32-35-22/h6-9,13,16,19,21,23-25H,10-12,14-15H2,1-5H3,(H2,31,38)(H,33,37)(H,34,39)/t16?,19-,21-,23?,24-,25?/m0/s1. The second-order valence-electron chi connectivity index (χ2n) is 13.4. The van der Waals surface area contributed by atoms with Crippen molar-refractivity contribution in [2.75, 3.05) is 19.8 Å². The predicted octanol–water partition coefficient (Wildman–Crippen LogP) is 1.71. The first-order chi connectivity index (χ1) is 19.3. The van der Waals surface area contributed by atoms with Crippen molar-refractivity contribution < 1.29 is 23.9 Å². The lowest BCUT2D eigenvalue weighted by Crippen LogP contribution is -2.59. The van der Waals surface area contributed by atoms with E-state index in [0.717, 1.165) is 11.8 Å². The molecular weight excluding hydrogens is 524 g/mol. The van der Waals surface area contributed by atoms with Crippen molar-refractivity contribution in [1.29, 1.82) is 0 Å². The number of aromatic nitrogens is 2. The minimum Gasteiger partial charge on any atom is -0.381 e. The second kappa shape index (κ2) is 10.7. The Morgan fingerprint density at radius 2 is 1.90 bits per heavy atom. The zero-order valence-electron chi connectivity index (χ0n) is 24.3. The van der Waals surface area contributed by atoms with Gasteiger partial charge in [-0.15, -0.1) is 0 Å². The maximum Gasteiger partial charge on any atom is 0.246 e. The number of amides is 4. The molecule has 1 aromatic heterocycles. The van der Waals surface area contributed by atoms with E-state index in [-0.39, 0.29) is 47.1 Å². The fourth-order valence-electron chi connectivity index (χ4n) is 6.62. The van der Waals surface area contributed by atoms with Gasteiger partial charge in [-0.1, -0.05) is 58.9 Å². The topological polar surface area (TPSA) is 157 Å². The van der Waals surface area contributed by atoms with Crippen LogP contribution >= 0.6 is 0 Å². The van der Waals surface area contributed by atoms with Crippen LogP contribution in [0.4, 0.5) is 0 Å². The Bertz CT molecular complexity index is 1360. The molecule has 3 unspecified atom stereocenters. The number of carbonyl (C=O) groups excluding carboxylic acids is 4. The van der Waals surface area contributed by atoms with Gasteiger partial charge in [0, 0.05) is 37.0 Å². The van der Waals surface area contributed by atoms with Gasteiger partial charge in [-0.25, -0.2) is 0 Å². The van der Waals surface area contributed by atoms with Crippen LogP contribution in [0.3, 0.4) is 0 Å². The lowest BCUT2D eigenvalue weighted by molar-refractivity contribution is -0.146. The summed E-state index contributed by atoms with van der Waals surface area (Å²) in [5, 5.41) is 15.3. The van der Waals surface area contributed by atoms with Crippen LogP contribution in [0, 0.1) is 28.6 Å². The molecule has 220 valence electrons. The number of hydrogen-bond acceptors (Lipinski definition) is 7. The van der Waals surface area contributed by atoms with Crippen molar-refractivity contribution >= 4 is 34.4 Å². The summed E-state index contributed by atoms with van der Waals surface area (Å²) < 4.78 is 5.40. The lowest BCUT2D eigenvalue weighted by atomic mass is 9.84. The number of benzene rings is 1. The van der Waals surface area contributed by atoms with Gasteiger partial charge in [0.2, 0.25) is 23.6 Å². The van der Waals surface area contributed by atoms with E-state index >= 15 is 0 Å². The van der Waals surface area contributed by atoms with Crippen molar-refractivity contribution in [3.63, 3.8) is 0 Å². The Morgan fingerprint density at radius 1 is 1.17 bits per heavy atom. The van der Waals surface area contributed by atoms with E-state index in [2.05, 4.69) is 34.7 Å². The van der Waals surface area contributed by atoms with Gasteiger partial charge >= 0.3 is 0 Å². The molecule has 0 bridgehead atoms. The molecule has 5 rings (SSSR count). The average Bonchev–Trinajstić information content (AvgIpc) is 3.33. The Labute approximate surface area is 239 Å². The maximum atomic E-state index is 14.1. The van der Waals surface area contributed by atoms with Crippen LogP contribution in [0.25, 0.3) is 10.8 Å². The highest BCUT2D eigenvalue weighted by Gasteiger charge is 2.70.